The Hall–Kier alpha value is -3.98. The van der Waals surface area contributed by atoms with Crippen LogP contribution < -0.4 is 19.6 Å². The van der Waals surface area contributed by atoms with Crippen molar-refractivity contribution in [3.63, 3.8) is 0 Å². The number of hydrazone groups is 1. The molecule has 0 amide bonds. The lowest BCUT2D eigenvalue weighted by Crippen LogP contribution is -2.07. The fraction of sp³-hybridized carbons (Fsp3) is 0.200. The van der Waals surface area contributed by atoms with Crippen molar-refractivity contribution in [2.75, 3.05) is 13.7 Å². The van der Waals surface area contributed by atoms with Crippen LogP contribution in [0.4, 0.5) is 0 Å². The molecule has 0 unspecified atom stereocenters. The van der Waals surface area contributed by atoms with Crippen LogP contribution in [0.15, 0.2) is 71.8 Å². The van der Waals surface area contributed by atoms with E-state index in [1.807, 2.05) is 67.6 Å². The zero-order chi connectivity index (χ0) is 21.9. The zero-order valence-electron chi connectivity index (χ0n) is 17.7. The number of nitriles is 1. The third-order valence-corrected chi connectivity index (χ3v) is 4.56. The highest BCUT2D eigenvalue weighted by molar-refractivity contribution is 5.80. The zero-order valence-corrected chi connectivity index (χ0v) is 17.7. The lowest BCUT2D eigenvalue weighted by atomic mass is 10.1. The molecule has 6 nitrogen and oxygen atoms in total. The van der Waals surface area contributed by atoms with E-state index in [-0.39, 0.29) is 6.61 Å². The minimum atomic E-state index is 0.289. The van der Waals surface area contributed by atoms with E-state index in [4.69, 9.17) is 14.2 Å². The van der Waals surface area contributed by atoms with Gasteiger partial charge in [-0.2, -0.15) is 10.4 Å². The quantitative estimate of drug-likeness (QED) is 0.385. The summed E-state index contributed by atoms with van der Waals surface area (Å²) < 4.78 is 17.0. The first-order valence-corrected chi connectivity index (χ1v) is 10.0. The Balaban J connectivity index is 1.65. The second-order valence-electron chi connectivity index (χ2n) is 6.60. The Morgan fingerprint density at radius 2 is 1.71 bits per heavy atom. The van der Waals surface area contributed by atoms with E-state index < -0.39 is 0 Å². The second kappa shape index (κ2) is 11.3. The normalized spacial score (nSPS) is 10.5. The molecule has 0 aliphatic rings. The summed E-state index contributed by atoms with van der Waals surface area (Å²) >= 11 is 0. The summed E-state index contributed by atoms with van der Waals surface area (Å²) in [5, 5.41) is 13.5. The predicted octanol–water partition coefficient (Wildman–Crippen LogP) is 4.67. The van der Waals surface area contributed by atoms with E-state index in [0.717, 1.165) is 22.4 Å². The van der Waals surface area contributed by atoms with E-state index >= 15 is 0 Å². The molecule has 3 rings (SSSR count). The standard InChI is InChI=1S/C25H25N3O3/c1-3-30-25-14-19(16-27-28-17-21-9-6-7-11-23(21)29-2)12-13-24(25)31-18-22-10-5-4-8-20(22)15-26/h4-14,16,28H,3,17-18H2,1-2H3/b27-16-. The number of benzene rings is 3. The van der Waals surface area contributed by atoms with Gasteiger partial charge in [0, 0.05) is 11.1 Å². The van der Waals surface area contributed by atoms with Crippen molar-refractivity contribution in [1.29, 1.82) is 5.26 Å². The fourth-order valence-electron chi connectivity index (χ4n) is 3.00. The van der Waals surface area contributed by atoms with Gasteiger partial charge in [-0.3, -0.25) is 0 Å². The molecular formula is C25H25N3O3. The van der Waals surface area contributed by atoms with Crippen LogP contribution in [0.25, 0.3) is 0 Å². The van der Waals surface area contributed by atoms with Gasteiger partial charge in [-0.05, 0) is 42.8 Å². The van der Waals surface area contributed by atoms with E-state index in [9.17, 15) is 5.26 Å². The summed E-state index contributed by atoms with van der Waals surface area (Å²) in [7, 11) is 1.65. The number of para-hydroxylation sites is 1. The molecule has 31 heavy (non-hydrogen) atoms. The Labute approximate surface area is 182 Å². The highest BCUT2D eigenvalue weighted by atomic mass is 16.5. The number of nitrogens with one attached hydrogen (secondary N) is 1. The van der Waals surface area contributed by atoms with Crippen LogP contribution in [-0.2, 0) is 13.2 Å². The molecule has 3 aromatic rings. The van der Waals surface area contributed by atoms with Crippen LogP contribution in [-0.4, -0.2) is 19.9 Å². The number of hydrogen-bond acceptors (Lipinski definition) is 6. The Morgan fingerprint density at radius 1 is 0.935 bits per heavy atom. The lowest BCUT2D eigenvalue weighted by Gasteiger charge is -2.13. The van der Waals surface area contributed by atoms with E-state index in [2.05, 4.69) is 16.6 Å². The van der Waals surface area contributed by atoms with Crippen molar-refractivity contribution in [3.8, 4) is 23.3 Å². The smallest absolute Gasteiger partial charge is 0.161 e. The van der Waals surface area contributed by atoms with Crippen LogP contribution in [0.2, 0.25) is 0 Å². The van der Waals surface area contributed by atoms with Gasteiger partial charge < -0.3 is 19.6 Å². The molecule has 0 aromatic heterocycles. The maximum absolute atomic E-state index is 9.24. The molecule has 0 atom stereocenters. The maximum Gasteiger partial charge on any atom is 0.161 e. The molecule has 158 valence electrons. The van der Waals surface area contributed by atoms with Crippen LogP contribution in [0.5, 0.6) is 17.2 Å². The molecule has 0 spiro atoms. The number of methoxy groups -OCH3 is 1. The third-order valence-electron chi connectivity index (χ3n) is 4.56. The third kappa shape index (κ3) is 6.00. The summed E-state index contributed by atoms with van der Waals surface area (Å²) in [5.74, 6) is 2.07. The number of rotatable bonds is 10. The van der Waals surface area contributed by atoms with Crippen molar-refractivity contribution in [2.24, 2.45) is 5.10 Å². The van der Waals surface area contributed by atoms with Gasteiger partial charge in [-0.15, -0.1) is 0 Å². The van der Waals surface area contributed by atoms with Crippen molar-refractivity contribution >= 4 is 6.21 Å². The van der Waals surface area contributed by atoms with Gasteiger partial charge in [0.05, 0.1) is 38.1 Å². The molecule has 0 saturated heterocycles. The SMILES string of the molecule is CCOc1cc(/C=N\NCc2ccccc2OC)ccc1OCc1ccccc1C#N. The van der Waals surface area contributed by atoms with Gasteiger partial charge in [0.1, 0.15) is 12.4 Å². The average molecular weight is 415 g/mol. The molecule has 0 radical (unpaired) electrons. The summed E-state index contributed by atoms with van der Waals surface area (Å²) in [6, 6.07) is 23.0. The molecule has 3 aromatic carbocycles. The van der Waals surface area contributed by atoms with Crippen LogP contribution in [0, 0.1) is 11.3 Å². The van der Waals surface area contributed by atoms with Gasteiger partial charge in [-0.1, -0.05) is 36.4 Å². The molecular weight excluding hydrogens is 390 g/mol. The first-order valence-electron chi connectivity index (χ1n) is 10.0. The number of hydrogen-bond donors (Lipinski definition) is 1. The minimum Gasteiger partial charge on any atom is -0.496 e. The van der Waals surface area contributed by atoms with Crippen molar-refractivity contribution in [1.82, 2.24) is 5.43 Å². The Morgan fingerprint density at radius 3 is 2.48 bits per heavy atom. The number of nitrogens with zero attached hydrogens (tertiary/aromatic N) is 2. The molecule has 6 heteroatoms. The molecule has 1 N–H and O–H groups in total. The number of ether oxygens (including phenoxy) is 3. The van der Waals surface area contributed by atoms with Crippen LogP contribution in [0.1, 0.15) is 29.2 Å². The highest BCUT2D eigenvalue weighted by Gasteiger charge is 2.08. The van der Waals surface area contributed by atoms with E-state index in [1.165, 1.54) is 0 Å². The van der Waals surface area contributed by atoms with Crippen molar-refractivity contribution < 1.29 is 14.2 Å². The van der Waals surface area contributed by atoms with Gasteiger partial charge in [-0.25, -0.2) is 0 Å². The fourth-order valence-corrected chi connectivity index (χ4v) is 3.00. The molecule has 0 fully saturated rings. The predicted molar refractivity (Wildman–Crippen MR) is 121 cm³/mol. The first-order chi connectivity index (χ1) is 15.2. The van der Waals surface area contributed by atoms with E-state index in [0.29, 0.717) is 30.2 Å². The summed E-state index contributed by atoms with van der Waals surface area (Å²) in [4.78, 5) is 0. The van der Waals surface area contributed by atoms with Gasteiger partial charge in [0.2, 0.25) is 0 Å². The summed E-state index contributed by atoms with van der Waals surface area (Å²) in [6.45, 7) is 3.28. The van der Waals surface area contributed by atoms with Gasteiger partial charge >= 0.3 is 0 Å². The van der Waals surface area contributed by atoms with Crippen LogP contribution in [0.3, 0.4) is 0 Å². The lowest BCUT2D eigenvalue weighted by molar-refractivity contribution is 0.269. The Bertz CT molecular complexity index is 1070. The molecule has 0 aliphatic heterocycles. The second-order valence-corrected chi connectivity index (χ2v) is 6.60. The highest BCUT2D eigenvalue weighted by Crippen LogP contribution is 2.29. The first kappa shape index (κ1) is 21.7. The average Bonchev–Trinajstić information content (AvgIpc) is 2.82. The minimum absolute atomic E-state index is 0.289. The van der Waals surface area contributed by atoms with Crippen LogP contribution >= 0.6 is 0 Å². The Kier molecular flexibility index (Phi) is 7.90. The largest absolute Gasteiger partial charge is 0.496 e. The summed E-state index contributed by atoms with van der Waals surface area (Å²) in [6.07, 6.45) is 1.73. The molecule has 0 bridgehead atoms. The molecule has 0 saturated carbocycles. The van der Waals surface area contributed by atoms with Crippen molar-refractivity contribution in [2.45, 2.75) is 20.1 Å². The molecule has 0 aliphatic carbocycles. The van der Waals surface area contributed by atoms with Gasteiger partial charge in [0.25, 0.3) is 0 Å². The van der Waals surface area contributed by atoms with E-state index in [1.54, 1.807) is 19.4 Å². The molecule has 0 heterocycles. The monoisotopic (exact) mass is 415 g/mol. The topological polar surface area (TPSA) is 75.9 Å². The van der Waals surface area contributed by atoms with Gasteiger partial charge in [0.15, 0.2) is 11.5 Å². The summed E-state index contributed by atoms with van der Waals surface area (Å²) in [5.41, 5.74) is 6.37. The maximum atomic E-state index is 9.24. The van der Waals surface area contributed by atoms with Crippen molar-refractivity contribution in [3.05, 3.63) is 89.0 Å².